The zero-order valence-corrected chi connectivity index (χ0v) is 11.2. The Morgan fingerprint density at radius 3 is 2.55 bits per heavy atom. The zero-order valence-electron chi connectivity index (χ0n) is 10.4. The fourth-order valence-electron chi connectivity index (χ4n) is 1.85. The van der Waals surface area contributed by atoms with E-state index in [0.717, 1.165) is 20.7 Å². The third kappa shape index (κ3) is 2.48. The van der Waals surface area contributed by atoms with E-state index in [2.05, 4.69) is 10.2 Å². The van der Waals surface area contributed by atoms with Crippen molar-refractivity contribution in [1.29, 1.82) is 0 Å². The molecular weight excluding hydrogens is 272 g/mol. The highest BCUT2D eigenvalue weighted by atomic mass is 32.2. The minimum absolute atomic E-state index is 0.276. The maximum absolute atomic E-state index is 10.8. The molecule has 1 aromatic heterocycles. The lowest BCUT2D eigenvalue weighted by molar-refractivity contribution is 0.0697. The Labute approximate surface area is 119 Å². The van der Waals surface area contributed by atoms with Crippen LogP contribution in [0, 0.1) is 0 Å². The van der Waals surface area contributed by atoms with Crippen LogP contribution >= 0.6 is 11.8 Å². The van der Waals surface area contributed by atoms with Crippen molar-refractivity contribution in [2.24, 2.45) is 0 Å². The molecule has 0 unspecified atom stereocenters. The Balaban J connectivity index is 1.95. The Bertz CT molecular complexity index is 767. The molecule has 0 spiro atoms. The van der Waals surface area contributed by atoms with Crippen molar-refractivity contribution in [3.63, 3.8) is 0 Å². The first-order chi connectivity index (χ1) is 9.74. The van der Waals surface area contributed by atoms with Crippen LogP contribution in [0.4, 0.5) is 0 Å². The molecule has 0 atom stereocenters. The fourth-order valence-corrected chi connectivity index (χ4v) is 2.73. The van der Waals surface area contributed by atoms with Gasteiger partial charge in [0.25, 0.3) is 0 Å². The number of hydrogen-bond donors (Lipinski definition) is 1. The number of aromatic nitrogens is 2. The van der Waals surface area contributed by atoms with E-state index in [1.54, 1.807) is 30.5 Å². The number of aromatic carboxylic acids is 1. The summed E-state index contributed by atoms with van der Waals surface area (Å²) in [5.41, 5.74) is 0.276. The van der Waals surface area contributed by atoms with Crippen LogP contribution in [0.1, 0.15) is 10.4 Å². The van der Waals surface area contributed by atoms with Crippen molar-refractivity contribution in [3.05, 3.63) is 60.3 Å². The molecule has 20 heavy (non-hydrogen) atoms. The van der Waals surface area contributed by atoms with Crippen LogP contribution in [0.3, 0.4) is 0 Å². The largest absolute Gasteiger partial charge is 0.478 e. The number of nitrogens with zero attached hydrogens (tertiary/aromatic N) is 2. The van der Waals surface area contributed by atoms with Gasteiger partial charge in [0.1, 0.15) is 5.03 Å². The summed E-state index contributed by atoms with van der Waals surface area (Å²) in [6.07, 6.45) is 1.73. The van der Waals surface area contributed by atoms with Crippen molar-refractivity contribution in [1.82, 2.24) is 10.2 Å². The van der Waals surface area contributed by atoms with E-state index in [1.165, 1.54) is 11.8 Å². The van der Waals surface area contributed by atoms with Gasteiger partial charge in [-0.2, -0.15) is 5.10 Å². The molecular formula is C15H10N2O2S. The number of carboxylic acid groups (broad SMARTS) is 1. The maximum Gasteiger partial charge on any atom is 0.335 e. The lowest BCUT2D eigenvalue weighted by atomic mass is 10.2. The average Bonchev–Trinajstić information content (AvgIpc) is 2.48. The molecule has 0 saturated heterocycles. The molecule has 0 radical (unpaired) electrons. The van der Waals surface area contributed by atoms with Crippen molar-refractivity contribution < 1.29 is 9.90 Å². The zero-order chi connectivity index (χ0) is 13.9. The van der Waals surface area contributed by atoms with E-state index < -0.39 is 5.97 Å². The number of hydrogen-bond acceptors (Lipinski definition) is 4. The SMILES string of the molecule is O=C(O)c1ccc(Sc2nncc3ccccc23)cc1. The Kier molecular flexibility index (Phi) is 3.35. The average molecular weight is 282 g/mol. The lowest BCUT2D eigenvalue weighted by Gasteiger charge is -2.04. The predicted octanol–water partition coefficient (Wildman–Crippen LogP) is 3.48. The summed E-state index contributed by atoms with van der Waals surface area (Å²) >= 11 is 1.47. The first-order valence-corrected chi connectivity index (χ1v) is 6.77. The van der Waals surface area contributed by atoms with Gasteiger partial charge in [-0.3, -0.25) is 0 Å². The normalized spacial score (nSPS) is 10.6. The molecule has 0 aliphatic rings. The summed E-state index contributed by atoms with van der Waals surface area (Å²) in [5.74, 6) is -0.925. The number of fused-ring (bicyclic) bond motifs is 1. The topological polar surface area (TPSA) is 63.1 Å². The molecule has 5 heteroatoms. The second-order valence-electron chi connectivity index (χ2n) is 4.17. The first kappa shape index (κ1) is 12.6. The van der Waals surface area contributed by atoms with Crippen LogP contribution < -0.4 is 0 Å². The van der Waals surface area contributed by atoms with Crippen LogP contribution in [0.2, 0.25) is 0 Å². The number of carboxylic acids is 1. The van der Waals surface area contributed by atoms with Crippen molar-refractivity contribution in [3.8, 4) is 0 Å². The maximum atomic E-state index is 10.8. The summed E-state index contributed by atoms with van der Waals surface area (Å²) in [4.78, 5) is 11.7. The van der Waals surface area contributed by atoms with E-state index in [4.69, 9.17) is 5.11 Å². The van der Waals surface area contributed by atoms with Gasteiger partial charge in [-0.05, 0) is 24.3 Å². The molecule has 1 N–H and O–H groups in total. The van der Waals surface area contributed by atoms with Gasteiger partial charge in [0.05, 0.1) is 11.8 Å². The Morgan fingerprint density at radius 1 is 1.05 bits per heavy atom. The van der Waals surface area contributed by atoms with E-state index in [0.29, 0.717) is 0 Å². The quantitative estimate of drug-likeness (QED) is 0.796. The molecule has 1 heterocycles. The lowest BCUT2D eigenvalue weighted by Crippen LogP contribution is -1.94. The fraction of sp³-hybridized carbons (Fsp3) is 0. The number of benzene rings is 2. The minimum atomic E-state index is -0.925. The van der Waals surface area contributed by atoms with E-state index in [9.17, 15) is 4.79 Å². The van der Waals surface area contributed by atoms with Crippen LogP contribution in [0.15, 0.2) is 64.6 Å². The summed E-state index contributed by atoms with van der Waals surface area (Å²) < 4.78 is 0. The second-order valence-corrected chi connectivity index (χ2v) is 5.23. The summed E-state index contributed by atoms with van der Waals surface area (Å²) in [6.45, 7) is 0. The Hall–Kier alpha value is -2.40. The van der Waals surface area contributed by atoms with E-state index in [1.807, 2.05) is 24.3 Å². The summed E-state index contributed by atoms with van der Waals surface area (Å²) in [7, 11) is 0. The van der Waals surface area contributed by atoms with Crippen molar-refractivity contribution >= 4 is 28.5 Å². The molecule has 0 bridgehead atoms. The third-order valence-electron chi connectivity index (χ3n) is 2.85. The molecule has 0 aliphatic carbocycles. The van der Waals surface area contributed by atoms with Gasteiger partial charge in [0.15, 0.2) is 0 Å². The van der Waals surface area contributed by atoms with Crippen LogP contribution in [-0.2, 0) is 0 Å². The van der Waals surface area contributed by atoms with Gasteiger partial charge in [0.2, 0.25) is 0 Å². The molecule has 4 nitrogen and oxygen atoms in total. The second kappa shape index (κ2) is 5.30. The van der Waals surface area contributed by atoms with Gasteiger partial charge < -0.3 is 5.11 Å². The monoisotopic (exact) mass is 282 g/mol. The summed E-state index contributed by atoms with van der Waals surface area (Å²) in [5, 5.41) is 19.9. The van der Waals surface area contributed by atoms with E-state index >= 15 is 0 Å². The van der Waals surface area contributed by atoms with Gasteiger partial charge in [0, 0.05) is 15.7 Å². The number of rotatable bonds is 3. The van der Waals surface area contributed by atoms with Gasteiger partial charge in [-0.1, -0.05) is 36.0 Å². The van der Waals surface area contributed by atoms with Crippen molar-refractivity contribution in [2.45, 2.75) is 9.92 Å². The Morgan fingerprint density at radius 2 is 1.80 bits per heavy atom. The highest BCUT2D eigenvalue weighted by molar-refractivity contribution is 7.99. The highest BCUT2D eigenvalue weighted by Crippen LogP contribution is 2.31. The van der Waals surface area contributed by atoms with Gasteiger partial charge in [-0.25, -0.2) is 4.79 Å². The third-order valence-corrected chi connectivity index (χ3v) is 3.86. The van der Waals surface area contributed by atoms with Crippen LogP contribution in [0.25, 0.3) is 10.8 Å². The molecule has 2 aromatic carbocycles. The molecule has 3 rings (SSSR count). The van der Waals surface area contributed by atoms with Crippen molar-refractivity contribution in [2.75, 3.05) is 0 Å². The minimum Gasteiger partial charge on any atom is -0.478 e. The summed E-state index contributed by atoms with van der Waals surface area (Å²) in [6, 6.07) is 14.6. The molecule has 0 aliphatic heterocycles. The molecule has 0 saturated carbocycles. The van der Waals surface area contributed by atoms with Gasteiger partial charge >= 0.3 is 5.97 Å². The standard InChI is InChI=1S/C15H10N2O2S/c18-15(19)10-5-7-12(8-6-10)20-14-13-4-2-1-3-11(13)9-16-17-14/h1-9H,(H,18,19). The highest BCUT2D eigenvalue weighted by Gasteiger charge is 2.07. The molecule has 98 valence electrons. The number of carbonyl (C=O) groups is 1. The molecule has 3 aromatic rings. The first-order valence-electron chi connectivity index (χ1n) is 5.96. The molecule has 0 fully saturated rings. The predicted molar refractivity (Wildman–Crippen MR) is 77.1 cm³/mol. The van der Waals surface area contributed by atoms with Crippen LogP contribution in [0.5, 0.6) is 0 Å². The smallest absolute Gasteiger partial charge is 0.335 e. The van der Waals surface area contributed by atoms with Gasteiger partial charge in [-0.15, -0.1) is 5.10 Å². The van der Waals surface area contributed by atoms with E-state index in [-0.39, 0.29) is 5.56 Å². The molecule has 0 amide bonds. The van der Waals surface area contributed by atoms with Crippen LogP contribution in [-0.4, -0.2) is 21.3 Å².